The SMILES string of the molecule is Cc1cc2[nH]c(=O)n(CS(C)(=O)=O)c(=O)c2cc1N. The molecule has 0 unspecified atom stereocenters. The molecule has 0 saturated carbocycles. The van der Waals surface area contributed by atoms with Crippen LogP contribution in [-0.4, -0.2) is 24.2 Å². The van der Waals surface area contributed by atoms with Gasteiger partial charge in [0.25, 0.3) is 5.56 Å². The Hall–Kier alpha value is -2.09. The monoisotopic (exact) mass is 283 g/mol. The fraction of sp³-hybridized carbons (Fsp3) is 0.273. The molecule has 0 aliphatic rings. The molecule has 0 bridgehead atoms. The van der Waals surface area contributed by atoms with Crippen molar-refractivity contribution in [2.24, 2.45) is 0 Å². The summed E-state index contributed by atoms with van der Waals surface area (Å²) in [5, 5.41) is 0.186. The van der Waals surface area contributed by atoms with Gasteiger partial charge in [-0.1, -0.05) is 0 Å². The normalized spacial score (nSPS) is 11.9. The number of nitrogens with one attached hydrogen (secondary N) is 1. The Morgan fingerprint density at radius 1 is 1.32 bits per heavy atom. The van der Waals surface area contributed by atoms with Gasteiger partial charge in [0.15, 0.2) is 9.84 Å². The lowest BCUT2D eigenvalue weighted by molar-refractivity contribution is 0.584. The van der Waals surface area contributed by atoms with Gasteiger partial charge in [-0.3, -0.25) is 4.79 Å². The minimum absolute atomic E-state index is 0.186. The molecule has 8 heteroatoms. The molecule has 0 amide bonds. The number of aromatic amines is 1. The zero-order valence-electron chi connectivity index (χ0n) is 10.4. The number of H-pyrrole nitrogens is 1. The van der Waals surface area contributed by atoms with Crippen LogP contribution in [0.25, 0.3) is 10.9 Å². The molecule has 3 N–H and O–H groups in total. The van der Waals surface area contributed by atoms with Crippen molar-refractivity contribution >= 4 is 26.4 Å². The largest absolute Gasteiger partial charge is 0.398 e. The first-order chi connectivity index (χ1) is 8.69. The smallest absolute Gasteiger partial charge is 0.329 e. The molecule has 0 atom stereocenters. The number of nitrogens with zero attached hydrogens (tertiary/aromatic N) is 1. The number of sulfone groups is 1. The Morgan fingerprint density at radius 3 is 2.53 bits per heavy atom. The third-order valence-electron chi connectivity index (χ3n) is 2.73. The van der Waals surface area contributed by atoms with Crippen molar-refractivity contribution in [3.63, 3.8) is 0 Å². The van der Waals surface area contributed by atoms with Crippen LogP contribution in [0.5, 0.6) is 0 Å². The van der Waals surface area contributed by atoms with Gasteiger partial charge in [0, 0.05) is 11.9 Å². The van der Waals surface area contributed by atoms with Gasteiger partial charge < -0.3 is 10.7 Å². The van der Waals surface area contributed by atoms with Crippen LogP contribution in [0.2, 0.25) is 0 Å². The minimum Gasteiger partial charge on any atom is -0.398 e. The van der Waals surface area contributed by atoms with E-state index < -0.39 is 27.0 Å². The van der Waals surface area contributed by atoms with Crippen LogP contribution in [0.1, 0.15) is 5.56 Å². The van der Waals surface area contributed by atoms with Gasteiger partial charge in [0.2, 0.25) is 0 Å². The van der Waals surface area contributed by atoms with E-state index in [2.05, 4.69) is 4.98 Å². The summed E-state index contributed by atoms with van der Waals surface area (Å²) in [5.74, 6) is -0.662. The lowest BCUT2D eigenvalue weighted by Gasteiger charge is -2.07. The number of fused-ring (bicyclic) bond motifs is 1. The van der Waals surface area contributed by atoms with Crippen molar-refractivity contribution in [2.45, 2.75) is 12.8 Å². The van der Waals surface area contributed by atoms with E-state index in [1.165, 1.54) is 6.07 Å². The van der Waals surface area contributed by atoms with Crippen LogP contribution in [0.15, 0.2) is 21.7 Å². The van der Waals surface area contributed by atoms with Crippen LogP contribution < -0.4 is 17.0 Å². The van der Waals surface area contributed by atoms with Crippen molar-refractivity contribution in [2.75, 3.05) is 12.0 Å². The Bertz CT molecular complexity index is 877. The maximum Gasteiger partial charge on any atom is 0.329 e. The molecule has 0 spiro atoms. The number of anilines is 1. The average molecular weight is 283 g/mol. The second kappa shape index (κ2) is 4.23. The third-order valence-corrected chi connectivity index (χ3v) is 3.46. The number of benzene rings is 1. The average Bonchev–Trinajstić information content (AvgIpc) is 2.26. The molecular weight excluding hydrogens is 270 g/mol. The lowest BCUT2D eigenvalue weighted by Crippen LogP contribution is -2.37. The summed E-state index contributed by atoms with van der Waals surface area (Å²) >= 11 is 0. The number of rotatable bonds is 2. The molecule has 1 aromatic heterocycles. The van der Waals surface area contributed by atoms with E-state index >= 15 is 0 Å². The van der Waals surface area contributed by atoms with E-state index in [-0.39, 0.29) is 5.39 Å². The van der Waals surface area contributed by atoms with Crippen molar-refractivity contribution in [3.05, 3.63) is 38.5 Å². The van der Waals surface area contributed by atoms with Crippen LogP contribution in [0, 0.1) is 6.92 Å². The van der Waals surface area contributed by atoms with Crippen molar-refractivity contribution in [3.8, 4) is 0 Å². The summed E-state index contributed by atoms with van der Waals surface area (Å²) in [7, 11) is -3.50. The molecule has 0 radical (unpaired) electrons. The Labute approximate surface area is 108 Å². The highest BCUT2D eigenvalue weighted by atomic mass is 32.2. The fourth-order valence-electron chi connectivity index (χ4n) is 1.78. The van der Waals surface area contributed by atoms with E-state index in [9.17, 15) is 18.0 Å². The second-order valence-electron chi connectivity index (χ2n) is 4.47. The van der Waals surface area contributed by atoms with Crippen LogP contribution in [0.3, 0.4) is 0 Å². The first-order valence-electron chi connectivity index (χ1n) is 5.40. The number of hydrogen-bond donors (Lipinski definition) is 2. The molecule has 7 nitrogen and oxygen atoms in total. The zero-order valence-corrected chi connectivity index (χ0v) is 11.2. The van der Waals surface area contributed by atoms with Crippen molar-refractivity contribution < 1.29 is 8.42 Å². The van der Waals surface area contributed by atoms with Gasteiger partial charge >= 0.3 is 5.69 Å². The summed E-state index contributed by atoms with van der Waals surface area (Å²) in [6.45, 7) is 1.75. The van der Waals surface area contributed by atoms with E-state index in [1.54, 1.807) is 13.0 Å². The molecule has 0 fully saturated rings. The Balaban J connectivity index is 2.86. The molecule has 19 heavy (non-hydrogen) atoms. The fourth-order valence-corrected chi connectivity index (χ4v) is 2.48. The second-order valence-corrected chi connectivity index (χ2v) is 6.58. The predicted molar refractivity (Wildman–Crippen MR) is 72.8 cm³/mol. The van der Waals surface area contributed by atoms with Gasteiger partial charge in [-0.15, -0.1) is 0 Å². The maximum absolute atomic E-state index is 12.1. The molecule has 2 rings (SSSR count). The Morgan fingerprint density at radius 2 is 1.95 bits per heavy atom. The molecule has 1 heterocycles. The quantitative estimate of drug-likeness (QED) is 0.726. The summed E-state index contributed by atoms with van der Waals surface area (Å²) < 4.78 is 23.1. The third kappa shape index (κ3) is 2.53. The molecule has 0 aliphatic heterocycles. The summed E-state index contributed by atoms with van der Waals surface area (Å²) in [6.07, 6.45) is 0.951. The van der Waals surface area contributed by atoms with Gasteiger partial charge in [-0.25, -0.2) is 17.8 Å². The van der Waals surface area contributed by atoms with E-state index in [1.807, 2.05) is 0 Å². The standard InChI is InChI=1S/C11H13N3O4S/c1-6-3-9-7(4-8(6)12)10(15)14(11(16)13-9)5-19(2,17)18/h3-4H,5,12H2,1-2H3,(H,13,16). The minimum atomic E-state index is -3.50. The molecule has 0 aliphatic carbocycles. The number of nitrogen functional groups attached to an aromatic ring is 1. The van der Waals surface area contributed by atoms with Crippen LogP contribution in [0.4, 0.5) is 5.69 Å². The number of nitrogens with two attached hydrogens (primary N) is 1. The van der Waals surface area contributed by atoms with Gasteiger partial charge in [0.1, 0.15) is 5.88 Å². The molecule has 1 aromatic carbocycles. The number of aryl methyl sites for hydroxylation is 1. The summed E-state index contributed by atoms with van der Waals surface area (Å²) in [6, 6.07) is 3.01. The van der Waals surface area contributed by atoms with Crippen molar-refractivity contribution in [1.82, 2.24) is 9.55 Å². The summed E-state index contributed by atoms with van der Waals surface area (Å²) in [5.41, 5.74) is 5.75. The van der Waals surface area contributed by atoms with Crippen LogP contribution in [-0.2, 0) is 15.7 Å². The first kappa shape index (κ1) is 13.3. The van der Waals surface area contributed by atoms with Gasteiger partial charge in [0.05, 0.1) is 10.9 Å². The summed E-state index contributed by atoms with van der Waals surface area (Å²) in [4.78, 5) is 26.3. The Kier molecular flexibility index (Phi) is 2.97. The van der Waals surface area contributed by atoms with E-state index in [0.717, 1.165) is 11.8 Å². The predicted octanol–water partition coefficient (Wildman–Crippen LogP) is -0.417. The maximum atomic E-state index is 12.1. The molecular formula is C11H13N3O4S. The first-order valence-corrected chi connectivity index (χ1v) is 7.46. The molecule has 102 valence electrons. The van der Waals surface area contributed by atoms with Gasteiger partial charge in [-0.05, 0) is 24.6 Å². The lowest BCUT2D eigenvalue weighted by atomic mass is 10.1. The van der Waals surface area contributed by atoms with Crippen molar-refractivity contribution in [1.29, 1.82) is 0 Å². The van der Waals surface area contributed by atoms with E-state index in [0.29, 0.717) is 15.8 Å². The zero-order chi connectivity index (χ0) is 14.4. The highest BCUT2D eigenvalue weighted by molar-refractivity contribution is 7.89. The molecule has 2 aromatic rings. The number of hydrogen-bond acceptors (Lipinski definition) is 5. The highest BCUT2D eigenvalue weighted by Crippen LogP contribution is 2.16. The van der Waals surface area contributed by atoms with Gasteiger partial charge in [-0.2, -0.15) is 0 Å². The highest BCUT2D eigenvalue weighted by Gasteiger charge is 2.13. The molecule has 0 saturated heterocycles. The van der Waals surface area contributed by atoms with E-state index in [4.69, 9.17) is 5.73 Å². The van der Waals surface area contributed by atoms with Crippen LogP contribution >= 0.6 is 0 Å². The number of aromatic nitrogens is 2. The topological polar surface area (TPSA) is 115 Å².